The fraction of sp³-hybridized carbons (Fsp3) is 0.583. The number of nitrogens with one attached hydrogen (secondary N) is 2. The zero-order valence-electron chi connectivity index (χ0n) is 10.2. The van der Waals surface area contributed by atoms with Crippen molar-refractivity contribution in [2.45, 2.75) is 20.4 Å². The molecule has 1 saturated heterocycles. The summed E-state index contributed by atoms with van der Waals surface area (Å²) in [7, 11) is 0. The van der Waals surface area contributed by atoms with Gasteiger partial charge in [-0.3, -0.25) is 4.79 Å². The molecule has 2 rings (SSSR count). The number of aromatic nitrogens is 2. The molecule has 0 saturated carbocycles. The lowest BCUT2D eigenvalue weighted by Gasteiger charge is -2.13. The van der Waals surface area contributed by atoms with Crippen LogP contribution in [0.3, 0.4) is 0 Å². The molecule has 0 bridgehead atoms. The molecule has 0 radical (unpaired) electrons. The Bertz CT molecular complexity index is 407. The third kappa shape index (κ3) is 3.00. The van der Waals surface area contributed by atoms with Gasteiger partial charge in [0.25, 0.3) is 0 Å². The summed E-state index contributed by atoms with van der Waals surface area (Å²) in [6.07, 6.45) is 1.71. The lowest BCUT2D eigenvalue weighted by Crippen LogP contribution is -2.34. The predicted molar refractivity (Wildman–Crippen MR) is 64.1 cm³/mol. The number of carbonyl (C=O) groups is 1. The smallest absolute Gasteiger partial charge is 0.225 e. The van der Waals surface area contributed by atoms with E-state index in [4.69, 9.17) is 0 Å². The molecule has 0 aromatic carbocycles. The quantitative estimate of drug-likeness (QED) is 0.787. The van der Waals surface area contributed by atoms with Crippen molar-refractivity contribution < 1.29 is 4.79 Å². The number of nitrogens with zero attached hydrogens (tertiary/aromatic N) is 2. The van der Waals surface area contributed by atoms with Gasteiger partial charge in [0.2, 0.25) is 5.91 Å². The second-order valence-corrected chi connectivity index (χ2v) is 4.56. The molecule has 0 aliphatic carbocycles. The fourth-order valence-electron chi connectivity index (χ4n) is 2.07. The molecule has 1 aliphatic rings. The highest BCUT2D eigenvalue weighted by molar-refractivity contribution is 5.79. The average Bonchev–Trinajstić information content (AvgIpc) is 2.72. The molecule has 92 valence electrons. The summed E-state index contributed by atoms with van der Waals surface area (Å²) < 4.78 is 0. The zero-order chi connectivity index (χ0) is 12.3. The predicted octanol–water partition coefficient (Wildman–Crippen LogP) is 0.257. The van der Waals surface area contributed by atoms with E-state index in [2.05, 4.69) is 27.5 Å². The van der Waals surface area contributed by atoms with Gasteiger partial charge in [-0.2, -0.15) is 0 Å². The van der Waals surface area contributed by atoms with Gasteiger partial charge < -0.3 is 10.6 Å². The second-order valence-electron chi connectivity index (χ2n) is 4.56. The van der Waals surface area contributed by atoms with Crippen molar-refractivity contribution in [3.63, 3.8) is 0 Å². The molecule has 1 amide bonds. The largest absolute Gasteiger partial charge is 0.350 e. The molecule has 5 nitrogen and oxygen atoms in total. The summed E-state index contributed by atoms with van der Waals surface area (Å²) in [5.41, 5.74) is 0.851. The fourth-order valence-corrected chi connectivity index (χ4v) is 2.07. The summed E-state index contributed by atoms with van der Waals surface area (Å²) in [6.45, 7) is 6.11. The van der Waals surface area contributed by atoms with Gasteiger partial charge in [-0.25, -0.2) is 9.97 Å². The van der Waals surface area contributed by atoms with Crippen LogP contribution < -0.4 is 10.6 Å². The van der Waals surface area contributed by atoms with Gasteiger partial charge in [0.1, 0.15) is 5.82 Å². The van der Waals surface area contributed by atoms with Gasteiger partial charge in [0, 0.05) is 12.7 Å². The highest BCUT2D eigenvalue weighted by Gasteiger charge is 2.29. The number of amides is 1. The second kappa shape index (κ2) is 5.23. The van der Waals surface area contributed by atoms with Crippen molar-refractivity contribution in [1.29, 1.82) is 0 Å². The van der Waals surface area contributed by atoms with Crippen molar-refractivity contribution in [1.82, 2.24) is 20.6 Å². The van der Waals surface area contributed by atoms with Gasteiger partial charge in [0.05, 0.1) is 18.2 Å². The monoisotopic (exact) mass is 234 g/mol. The Hall–Kier alpha value is -1.49. The Kier molecular flexibility index (Phi) is 3.68. The Morgan fingerprint density at radius 1 is 1.59 bits per heavy atom. The minimum atomic E-state index is 0.0814. The van der Waals surface area contributed by atoms with E-state index in [1.165, 1.54) is 0 Å². The van der Waals surface area contributed by atoms with Gasteiger partial charge in [-0.15, -0.1) is 0 Å². The van der Waals surface area contributed by atoms with Gasteiger partial charge in [-0.1, -0.05) is 6.92 Å². The van der Waals surface area contributed by atoms with Gasteiger partial charge >= 0.3 is 0 Å². The minimum absolute atomic E-state index is 0.0814. The first-order valence-corrected chi connectivity index (χ1v) is 5.94. The highest BCUT2D eigenvalue weighted by Crippen LogP contribution is 2.15. The Labute approximate surface area is 101 Å². The van der Waals surface area contributed by atoms with Crippen LogP contribution in [0.15, 0.2) is 12.3 Å². The van der Waals surface area contributed by atoms with Crippen LogP contribution in [0, 0.1) is 18.8 Å². The first-order valence-electron chi connectivity index (χ1n) is 5.94. The van der Waals surface area contributed by atoms with E-state index in [1.807, 2.05) is 13.0 Å². The van der Waals surface area contributed by atoms with Crippen molar-refractivity contribution in [3.05, 3.63) is 23.8 Å². The van der Waals surface area contributed by atoms with Crippen LogP contribution in [0.25, 0.3) is 0 Å². The summed E-state index contributed by atoms with van der Waals surface area (Å²) in [5, 5.41) is 6.15. The van der Waals surface area contributed by atoms with E-state index in [9.17, 15) is 4.79 Å². The van der Waals surface area contributed by atoms with Crippen molar-refractivity contribution in [3.8, 4) is 0 Å². The van der Waals surface area contributed by atoms with Crippen molar-refractivity contribution in [2.24, 2.45) is 11.8 Å². The van der Waals surface area contributed by atoms with Crippen LogP contribution in [0.2, 0.25) is 0 Å². The van der Waals surface area contributed by atoms with Crippen LogP contribution in [-0.2, 0) is 11.3 Å². The van der Waals surface area contributed by atoms with E-state index in [0.717, 1.165) is 24.6 Å². The summed E-state index contributed by atoms with van der Waals surface area (Å²) >= 11 is 0. The Morgan fingerprint density at radius 2 is 2.41 bits per heavy atom. The lowest BCUT2D eigenvalue weighted by atomic mass is 9.97. The number of rotatable bonds is 3. The maximum absolute atomic E-state index is 11.9. The number of carbonyl (C=O) groups excluding carboxylic acids is 1. The van der Waals surface area contributed by atoms with Crippen LogP contribution >= 0.6 is 0 Å². The van der Waals surface area contributed by atoms with Crippen molar-refractivity contribution >= 4 is 5.91 Å². The molecule has 1 fully saturated rings. The molecule has 2 atom stereocenters. The molecule has 0 unspecified atom stereocenters. The summed E-state index contributed by atoms with van der Waals surface area (Å²) in [4.78, 5) is 20.2. The summed E-state index contributed by atoms with van der Waals surface area (Å²) in [5.74, 6) is 1.33. The molecule has 2 N–H and O–H groups in total. The van der Waals surface area contributed by atoms with E-state index in [-0.39, 0.29) is 11.8 Å². The topological polar surface area (TPSA) is 66.9 Å². The standard InChI is InChI=1S/C12H18N4O/c1-8-5-13-7-11(8)12(17)15-6-10-3-4-14-9(2)16-10/h3-4,8,11,13H,5-7H2,1-2H3,(H,15,17)/t8-,11-/m1/s1. The van der Waals surface area contributed by atoms with E-state index >= 15 is 0 Å². The third-order valence-corrected chi connectivity index (χ3v) is 3.13. The molecular weight excluding hydrogens is 216 g/mol. The molecule has 5 heteroatoms. The molecule has 17 heavy (non-hydrogen) atoms. The normalized spacial score (nSPS) is 23.6. The van der Waals surface area contributed by atoms with Gasteiger partial charge in [-0.05, 0) is 25.5 Å². The SMILES string of the molecule is Cc1nccc(CNC(=O)[C@@H]2CNC[C@H]2C)n1. The van der Waals surface area contributed by atoms with Crippen LogP contribution in [-0.4, -0.2) is 29.0 Å². The first kappa shape index (κ1) is 12.0. The molecule has 1 aromatic rings. The lowest BCUT2D eigenvalue weighted by molar-refractivity contribution is -0.125. The maximum atomic E-state index is 11.9. The minimum Gasteiger partial charge on any atom is -0.350 e. The van der Waals surface area contributed by atoms with E-state index in [0.29, 0.717) is 12.5 Å². The number of aryl methyl sites for hydroxylation is 1. The summed E-state index contributed by atoms with van der Waals surface area (Å²) in [6, 6.07) is 1.82. The van der Waals surface area contributed by atoms with Gasteiger partial charge in [0.15, 0.2) is 0 Å². The van der Waals surface area contributed by atoms with Crippen LogP contribution in [0.1, 0.15) is 18.4 Å². The number of hydrogen-bond donors (Lipinski definition) is 2. The van der Waals surface area contributed by atoms with Crippen molar-refractivity contribution in [2.75, 3.05) is 13.1 Å². The van der Waals surface area contributed by atoms with E-state index in [1.54, 1.807) is 6.20 Å². The zero-order valence-corrected chi connectivity index (χ0v) is 10.2. The highest BCUT2D eigenvalue weighted by atomic mass is 16.1. The molecule has 0 spiro atoms. The maximum Gasteiger partial charge on any atom is 0.225 e. The molecule has 1 aliphatic heterocycles. The first-order chi connectivity index (χ1) is 8.16. The van der Waals surface area contributed by atoms with E-state index < -0.39 is 0 Å². The Balaban J connectivity index is 1.88. The molecule has 1 aromatic heterocycles. The molecule has 2 heterocycles. The van der Waals surface area contributed by atoms with Crippen LogP contribution in [0.5, 0.6) is 0 Å². The Morgan fingerprint density at radius 3 is 3.06 bits per heavy atom. The average molecular weight is 234 g/mol. The third-order valence-electron chi connectivity index (χ3n) is 3.13. The number of hydrogen-bond acceptors (Lipinski definition) is 4. The molecular formula is C12H18N4O. The van der Waals surface area contributed by atoms with Crippen LogP contribution in [0.4, 0.5) is 0 Å².